The van der Waals surface area contributed by atoms with E-state index < -0.39 is 0 Å². The van der Waals surface area contributed by atoms with Crippen molar-refractivity contribution in [1.29, 1.82) is 0 Å². The van der Waals surface area contributed by atoms with Gasteiger partial charge in [-0.3, -0.25) is 4.79 Å². The predicted octanol–water partition coefficient (Wildman–Crippen LogP) is 3.65. The molecule has 1 aliphatic rings. The van der Waals surface area contributed by atoms with E-state index in [0.717, 1.165) is 30.0 Å². The number of piperidine rings is 1. The van der Waals surface area contributed by atoms with Crippen LogP contribution in [-0.4, -0.2) is 56.8 Å². The van der Waals surface area contributed by atoms with Gasteiger partial charge >= 0.3 is 0 Å². The SMILES string of the molecule is CSc1nc2nc(C)c(CC(=O)N(C)Cc3ccccc3N3CCCCC3)c(C)n2n1. The lowest BCUT2D eigenvalue weighted by atomic mass is 10.1. The van der Waals surface area contributed by atoms with Gasteiger partial charge in [0.25, 0.3) is 5.78 Å². The number of aromatic nitrogens is 4. The monoisotopic (exact) mass is 438 g/mol. The van der Waals surface area contributed by atoms with E-state index in [1.807, 2.05) is 32.1 Å². The third-order valence-corrected chi connectivity index (χ3v) is 6.60. The van der Waals surface area contributed by atoms with Gasteiger partial charge in [0, 0.05) is 49.3 Å². The molecule has 1 aromatic carbocycles. The Hall–Kier alpha value is -2.61. The molecule has 164 valence electrons. The minimum Gasteiger partial charge on any atom is -0.371 e. The maximum absolute atomic E-state index is 13.1. The van der Waals surface area contributed by atoms with Crippen LogP contribution in [0.25, 0.3) is 5.78 Å². The van der Waals surface area contributed by atoms with Gasteiger partial charge in [0.05, 0.1) is 6.42 Å². The van der Waals surface area contributed by atoms with E-state index in [-0.39, 0.29) is 5.91 Å². The molecule has 8 heteroatoms. The Morgan fingerprint density at radius 2 is 1.87 bits per heavy atom. The van der Waals surface area contributed by atoms with Gasteiger partial charge in [0.15, 0.2) is 0 Å². The number of carbonyl (C=O) groups is 1. The van der Waals surface area contributed by atoms with Crippen molar-refractivity contribution in [1.82, 2.24) is 24.5 Å². The Labute approximate surface area is 187 Å². The number of carbonyl (C=O) groups excluding carboxylic acids is 1. The van der Waals surface area contributed by atoms with Crippen LogP contribution in [0.4, 0.5) is 5.69 Å². The van der Waals surface area contributed by atoms with Crippen molar-refractivity contribution in [3.8, 4) is 0 Å². The van der Waals surface area contributed by atoms with Crippen LogP contribution in [0, 0.1) is 13.8 Å². The third-order valence-electron chi connectivity index (χ3n) is 6.06. The van der Waals surface area contributed by atoms with Gasteiger partial charge in [0.2, 0.25) is 11.1 Å². The average Bonchev–Trinajstić information content (AvgIpc) is 3.20. The summed E-state index contributed by atoms with van der Waals surface area (Å²) < 4.78 is 1.74. The third kappa shape index (κ3) is 4.54. The Morgan fingerprint density at radius 3 is 2.61 bits per heavy atom. The van der Waals surface area contributed by atoms with Crippen LogP contribution in [0.3, 0.4) is 0 Å². The van der Waals surface area contributed by atoms with E-state index in [2.05, 4.69) is 44.2 Å². The van der Waals surface area contributed by atoms with E-state index >= 15 is 0 Å². The fourth-order valence-electron chi connectivity index (χ4n) is 4.25. The number of nitrogens with zero attached hydrogens (tertiary/aromatic N) is 6. The van der Waals surface area contributed by atoms with Gasteiger partial charge in [-0.15, -0.1) is 5.10 Å². The molecule has 0 radical (unpaired) electrons. The van der Waals surface area contributed by atoms with Crippen molar-refractivity contribution in [3.05, 3.63) is 46.8 Å². The van der Waals surface area contributed by atoms with Crippen LogP contribution in [0.15, 0.2) is 29.4 Å². The lowest BCUT2D eigenvalue weighted by molar-refractivity contribution is -0.129. The van der Waals surface area contributed by atoms with Crippen LogP contribution in [0.2, 0.25) is 0 Å². The molecule has 0 aliphatic carbocycles. The minimum absolute atomic E-state index is 0.0750. The molecule has 2 aromatic heterocycles. The second-order valence-corrected chi connectivity index (χ2v) is 8.95. The fourth-order valence-corrected chi connectivity index (χ4v) is 4.59. The summed E-state index contributed by atoms with van der Waals surface area (Å²) in [5.41, 5.74) is 5.13. The van der Waals surface area contributed by atoms with Crippen LogP contribution in [0.1, 0.15) is 41.8 Å². The van der Waals surface area contributed by atoms with Gasteiger partial charge in [-0.2, -0.15) is 4.98 Å². The van der Waals surface area contributed by atoms with Crippen LogP contribution >= 0.6 is 11.8 Å². The summed E-state index contributed by atoms with van der Waals surface area (Å²) in [6, 6.07) is 8.46. The summed E-state index contributed by atoms with van der Waals surface area (Å²) in [5, 5.41) is 5.18. The molecule has 0 atom stereocenters. The second-order valence-electron chi connectivity index (χ2n) is 8.17. The number of para-hydroxylation sites is 1. The summed E-state index contributed by atoms with van der Waals surface area (Å²) in [4.78, 5) is 26.4. The van der Waals surface area contributed by atoms with Crippen LogP contribution in [0.5, 0.6) is 0 Å². The predicted molar refractivity (Wildman–Crippen MR) is 125 cm³/mol. The maximum atomic E-state index is 13.1. The highest BCUT2D eigenvalue weighted by molar-refractivity contribution is 7.98. The molecular formula is C23H30N6OS. The number of benzene rings is 1. The maximum Gasteiger partial charge on any atom is 0.253 e. The van der Waals surface area contributed by atoms with Crippen molar-refractivity contribution < 1.29 is 4.79 Å². The zero-order chi connectivity index (χ0) is 22.0. The summed E-state index contributed by atoms with van der Waals surface area (Å²) >= 11 is 1.49. The first-order chi connectivity index (χ1) is 15.0. The van der Waals surface area contributed by atoms with Gasteiger partial charge in [-0.1, -0.05) is 30.0 Å². The molecule has 0 bridgehead atoms. The zero-order valence-electron chi connectivity index (χ0n) is 18.8. The van der Waals surface area contributed by atoms with Gasteiger partial charge in [-0.25, -0.2) is 9.50 Å². The Balaban J connectivity index is 1.52. The Kier molecular flexibility index (Phi) is 6.46. The number of aryl methyl sites for hydroxylation is 2. The van der Waals surface area contributed by atoms with E-state index in [0.29, 0.717) is 23.9 Å². The molecule has 3 aromatic rings. The minimum atomic E-state index is 0.0750. The van der Waals surface area contributed by atoms with E-state index in [1.165, 1.54) is 42.3 Å². The molecule has 0 unspecified atom stereocenters. The molecule has 1 amide bonds. The normalized spacial score (nSPS) is 14.3. The lowest BCUT2D eigenvalue weighted by Crippen LogP contribution is -2.32. The number of thioether (sulfide) groups is 1. The highest BCUT2D eigenvalue weighted by Gasteiger charge is 2.20. The molecule has 4 rings (SSSR count). The first-order valence-electron chi connectivity index (χ1n) is 10.8. The van der Waals surface area contributed by atoms with Gasteiger partial charge < -0.3 is 9.80 Å². The smallest absolute Gasteiger partial charge is 0.253 e. The topological polar surface area (TPSA) is 66.6 Å². The van der Waals surface area contributed by atoms with Gasteiger partial charge in [0.1, 0.15) is 0 Å². The van der Waals surface area contributed by atoms with Crippen LogP contribution < -0.4 is 4.90 Å². The summed E-state index contributed by atoms with van der Waals surface area (Å²) in [7, 11) is 1.88. The first kappa shape index (κ1) is 21.6. The summed E-state index contributed by atoms with van der Waals surface area (Å²) in [6.07, 6.45) is 6.02. The molecule has 1 fully saturated rings. The largest absolute Gasteiger partial charge is 0.371 e. The molecule has 0 saturated carbocycles. The van der Waals surface area contributed by atoms with E-state index in [1.54, 1.807) is 4.52 Å². The molecule has 31 heavy (non-hydrogen) atoms. The molecule has 1 aliphatic heterocycles. The highest BCUT2D eigenvalue weighted by atomic mass is 32.2. The average molecular weight is 439 g/mol. The quantitative estimate of drug-likeness (QED) is 0.547. The first-order valence-corrected chi connectivity index (χ1v) is 12.0. The molecule has 3 heterocycles. The molecule has 7 nitrogen and oxygen atoms in total. The molecular weight excluding hydrogens is 408 g/mol. The number of amides is 1. The molecule has 1 saturated heterocycles. The number of anilines is 1. The van der Waals surface area contributed by atoms with E-state index in [4.69, 9.17) is 0 Å². The number of fused-ring (bicyclic) bond motifs is 1. The Morgan fingerprint density at radius 1 is 1.13 bits per heavy atom. The zero-order valence-corrected chi connectivity index (χ0v) is 19.6. The summed E-state index contributed by atoms with van der Waals surface area (Å²) in [6.45, 7) is 6.70. The second kappa shape index (κ2) is 9.26. The lowest BCUT2D eigenvalue weighted by Gasteiger charge is -2.31. The van der Waals surface area contributed by atoms with E-state index in [9.17, 15) is 4.79 Å². The van der Waals surface area contributed by atoms with Crippen molar-refractivity contribution in [2.75, 3.05) is 31.3 Å². The number of rotatable bonds is 6. The van der Waals surface area contributed by atoms with Crippen molar-refractivity contribution in [2.45, 2.75) is 51.2 Å². The Bertz CT molecular complexity index is 1090. The van der Waals surface area contributed by atoms with Crippen molar-refractivity contribution in [3.63, 3.8) is 0 Å². The molecule has 0 N–H and O–H groups in total. The molecule has 0 spiro atoms. The number of likely N-dealkylation sites (N-methyl/N-ethyl adjacent to an activating group) is 1. The van der Waals surface area contributed by atoms with Crippen molar-refractivity contribution >= 4 is 29.1 Å². The van der Waals surface area contributed by atoms with Crippen LogP contribution in [-0.2, 0) is 17.8 Å². The highest BCUT2D eigenvalue weighted by Crippen LogP contribution is 2.25. The standard InChI is InChI=1S/C23H30N6OS/c1-16-19(17(2)29-22(24-16)25-23(26-29)31-4)14-21(30)27(3)15-18-10-6-7-11-20(18)28-12-8-5-9-13-28/h6-7,10-11H,5,8-9,12-15H2,1-4H3. The number of hydrogen-bond acceptors (Lipinski definition) is 6. The fraction of sp³-hybridized carbons (Fsp3) is 0.478. The van der Waals surface area contributed by atoms with Crippen molar-refractivity contribution in [2.24, 2.45) is 0 Å². The summed E-state index contributed by atoms with van der Waals surface area (Å²) in [5.74, 6) is 0.658. The van der Waals surface area contributed by atoms with Gasteiger partial charge in [-0.05, 0) is 51.0 Å². The number of hydrogen-bond donors (Lipinski definition) is 0.